The Morgan fingerprint density at radius 2 is 0.458 bits per heavy atom. The number of alkyl halides is 29. The van der Waals surface area contributed by atoms with E-state index in [0.717, 1.165) is 44.9 Å². The third-order valence-corrected chi connectivity index (χ3v) is 8.66. The average Bonchev–Trinajstić information content (AvgIpc) is 3.06. The van der Waals surface area contributed by atoms with Crippen molar-refractivity contribution in [2.45, 2.75) is 174 Å². The topological polar surface area (TPSA) is 0 Å². The summed E-state index contributed by atoms with van der Waals surface area (Å²) in [5.41, 5.74) is 0. The number of hydrogen-bond donors (Lipinski definition) is 0. The fourth-order valence-electron chi connectivity index (χ4n) is 4.80. The lowest BCUT2D eigenvalue weighted by Gasteiger charge is -2.46. The predicted octanol–water partition coefficient (Wildman–Crippen LogP) is 15.5. The Labute approximate surface area is 313 Å². The monoisotopic (exact) mass is 942 g/mol. The second kappa shape index (κ2) is 17.8. The molecule has 0 saturated heterocycles. The van der Waals surface area contributed by atoms with Crippen LogP contribution in [0.5, 0.6) is 0 Å². The molecule has 29 heteroatoms. The van der Waals surface area contributed by atoms with Gasteiger partial charge in [0.05, 0.1) is 0 Å². The van der Waals surface area contributed by atoms with Crippen molar-refractivity contribution in [2.75, 3.05) is 0 Å². The van der Waals surface area contributed by atoms with Crippen molar-refractivity contribution < 1.29 is 127 Å². The summed E-state index contributed by atoms with van der Waals surface area (Å²) in [6.45, 7) is 2.00. The molecule has 0 radical (unpaired) electrons. The standard InChI is InChI=1S/C30H31F29/c1-2-3-4-5-6-7-8-9-10-11-12-13-14-15-16-17(31,32)18(33,34)19(35,36)20(37,38)21(39,40)22(41,42)23(43,44)24(45,46)25(47,48)26(49,50)27(51,52)28(53,54)29(55,56)30(57,58)59/h15-16H,2-14H2,1H3/b16-15+. The highest BCUT2D eigenvalue weighted by Crippen LogP contribution is 2.69. The molecule has 354 valence electrons. The summed E-state index contributed by atoms with van der Waals surface area (Å²) < 4.78 is 396. The summed E-state index contributed by atoms with van der Waals surface area (Å²) in [6.07, 6.45) is -2.73. The van der Waals surface area contributed by atoms with E-state index in [1.165, 1.54) is 0 Å². The van der Waals surface area contributed by atoms with Crippen LogP contribution in [0.15, 0.2) is 12.2 Å². The van der Waals surface area contributed by atoms with Gasteiger partial charge in [-0.3, -0.25) is 0 Å². The Morgan fingerprint density at radius 3 is 0.695 bits per heavy atom. The van der Waals surface area contributed by atoms with Crippen LogP contribution in [0.25, 0.3) is 0 Å². The van der Waals surface area contributed by atoms with E-state index in [9.17, 15) is 127 Å². The van der Waals surface area contributed by atoms with Gasteiger partial charge >= 0.3 is 83.2 Å². The van der Waals surface area contributed by atoms with Crippen LogP contribution in [0.2, 0.25) is 0 Å². The highest BCUT2D eigenvalue weighted by atomic mass is 19.4. The third kappa shape index (κ3) is 9.26. The van der Waals surface area contributed by atoms with Gasteiger partial charge in [-0.05, 0) is 18.9 Å². The summed E-state index contributed by atoms with van der Waals surface area (Å²) in [5, 5.41) is 0. The number of hydrogen-bond acceptors (Lipinski definition) is 0. The first kappa shape index (κ1) is 56.7. The Kier molecular flexibility index (Phi) is 17.1. The number of allylic oxidation sites excluding steroid dienone is 2. The van der Waals surface area contributed by atoms with Crippen LogP contribution in [0, 0.1) is 0 Å². The van der Waals surface area contributed by atoms with Crippen molar-refractivity contribution in [2.24, 2.45) is 0 Å². The second-order valence-corrected chi connectivity index (χ2v) is 13.1. The van der Waals surface area contributed by atoms with Crippen molar-refractivity contribution in [3.63, 3.8) is 0 Å². The zero-order valence-corrected chi connectivity index (χ0v) is 29.3. The Balaban J connectivity index is 6.52. The van der Waals surface area contributed by atoms with Crippen molar-refractivity contribution in [1.29, 1.82) is 0 Å². The number of halogens is 29. The predicted molar refractivity (Wildman–Crippen MR) is 145 cm³/mol. The van der Waals surface area contributed by atoms with Gasteiger partial charge in [0.1, 0.15) is 0 Å². The van der Waals surface area contributed by atoms with Crippen LogP contribution in [-0.2, 0) is 0 Å². The fourth-order valence-corrected chi connectivity index (χ4v) is 4.80. The SMILES string of the molecule is CCCCCCCCCCCCCC/C=C/C(F)(F)C(F)(F)C(F)(F)C(F)(F)C(F)(F)C(F)(F)C(F)(F)C(F)(F)C(F)(F)C(F)(F)C(F)(F)C(F)(F)C(F)(F)C(F)(F)F. The molecule has 0 aliphatic heterocycles. The van der Waals surface area contributed by atoms with Gasteiger partial charge in [0.2, 0.25) is 0 Å². The maximum atomic E-state index is 14.1. The molecule has 0 unspecified atom stereocenters. The molecule has 0 aromatic rings. The van der Waals surface area contributed by atoms with Gasteiger partial charge in [0.15, 0.2) is 0 Å². The molecule has 0 bridgehead atoms. The zero-order valence-electron chi connectivity index (χ0n) is 29.3. The first-order valence-corrected chi connectivity index (χ1v) is 16.5. The Hall–Kier alpha value is -2.29. The molecule has 0 spiro atoms. The van der Waals surface area contributed by atoms with Gasteiger partial charge in [-0.15, -0.1) is 0 Å². The van der Waals surface area contributed by atoms with Crippen LogP contribution < -0.4 is 0 Å². The van der Waals surface area contributed by atoms with Crippen LogP contribution in [0.1, 0.15) is 90.4 Å². The molecule has 0 atom stereocenters. The molecule has 0 fully saturated rings. The van der Waals surface area contributed by atoms with Gasteiger partial charge in [0.25, 0.3) is 0 Å². The van der Waals surface area contributed by atoms with Crippen LogP contribution in [0.3, 0.4) is 0 Å². The molecule has 0 amide bonds. The summed E-state index contributed by atoms with van der Waals surface area (Å²) in [5.74, 6) is -120. The van der Waals surface area contributed by atoms with E-state index in [4.69, 9.17) is 0 Å². The fraction of sp³-hybridized carbons (Fsp3) is 0.933. The van der Waals surface area contributed by atoms with E-state index >= 15 is 0 Å². The van der Waals surface area contributed by atoms with Gasteiger partial charge in [-0.1, -0.05) is 83.6 Å². The molecule has 0 aromatic heterocycles. The Bertz CT molecular complexity index is 1350. The molecule has 0 rings (SSSR count). The summed E-state index contributed by atoms with van der Waals surface area (Å²) in [6, 6.07) is 0. The maximum absolute atomic E-state index is 14.1. The second-order valence-electron chi connectivity index (χ2n) is 13.1. The molecular weight excluding hydrogens is 911 g/mol. The largest absolute Gasteiger partial charge is 0.460 e. The molecule has 59 heavy (non-hydrogen) atoms. The Morgan fingerprint density at radius 1 is 0.254 bits per heavy atom. The van der Waals surface area contributed by atoms with E-state index in [1.807, 2.05) is 6.92 Å². The lowest BCUT2D eigenvalue weighted by molar-refractivity contribution is -0.486. The first-order valence-electron chi connectivity index (χ1n) is 16.5. The van der Waals surface area contributed by atoms with E-state index in [0.29, 0.717) is 19.3 Å². The first-order chi connectivity index (χ1) is 25.8. The minimum Gasteiger partial charge on any atom is -0.195 e. The minimum atomic E-state index is -9.92. The van der Waals surface area contributed by atoms with E-state index in [2.05, 4.69) is 0 Å². The summed E-state index contributed by atoms with van der Waals surface area (Å²) >= 11 is 0. The van der Waals surface area contributed by atoms with Gasteiger partial charge in [-0.25, -0.2) is 0 Å². The molecule has 0 aliphatic rings. The lowest BCUT2D eigenvalue weighted by Crippen LogP contribution is -2.79. The van der Waals surface area contributed by atoms with Crippen molar-refractivity contribution in [3.05, 3.63) is 12.2 Å². The van der Waals surface area contributed by atoms with Gasteiger partial charge < -0.3 is 0 Å². The molecular formula is C30H31F29. The zero-order chi connectivity index (χ0) is 47.6. The summed E-state index contributed by atoms with van der Waals surface area (Å²) in [4.78, 5) is 0. The molecule has 0 aromatic carbocycles. The van der Waals surface area contributed by atoms with Crippen molar-refractivity contribution in [1.82, 2.24) is 0 Å². The quantitative estimate of drug-likeness (QED) is 0.0461. The molecule has 0 nitrogen and oxygen atoms in total. The van der Waals surface area contributed by atoms with E-state index in [-0.39, 0.29) is 18.9 Å². The van der Waals surface area contributed by atoms with Crippen LogP contribution in [-0.4, -0.2) is 83.2 Å². The molecule has 0 aliphatic carbocycles. The molecule has 0 saturated carbocycles. The number of unbranched alkanes of at least 4 members (excludes halogenated alkanes) is 12. The van der Waals surface area contributed by atoms with Crippen LogP contribution >= 0.6 is 0 Å². The molecule has 0 N–H and O–H groups in total. The smallest absolute Gasteiger partial charge is 0.195 e. The number of rotatable bonds is 26. The normalized spacial score (nSPS) is 16.1. The minimum absolute atomic E-state index is 0.0995. The average molecular weight is 943 g/mol. The van der Waals surface area contributed by atoms with Gasteiger partial charge in [-0.2, -0.15) is 127 Å². The highest BCUT2D eigenvalue weighted by Gasteiger charge is 3.00. The van der Waals surface area contributed by atoms with E-state index < -0.39 is 95.7 Å². The van der Waals surface area contributed by atoms with Crippen molar-refractivity contribution in [3.8, 4) is 0 Å². The van der Waals surface area contributed by atoms with Crippen molar-refractivity contribution >= 4 is 0 Å². The highest BCUT2D eigenvalue weighted by molar-refractivity contribution is 5.22. The van der Waals surface area contributed by atoms with Gasteiger partial charge in [0, 0.05) is 0 Å². The molecule has 0 heterocycles. The van der Waals surface area contributed by atoms with E-state index in [1.54, 1.807) is 0 Å². The third-order valence-electron chi connectivity index (χ3n) is 8.66. The van der Waals surface area contributed by atoms with Crippen LogP contribution in [0.4, 0.5) is 127 Å². The lowest BCUT2D eigenvalue weighted by atomic mass is 9.83. The maximum Gasteiger partial charge on any atom is 0.460 e. The summed E-state index contributed by atoms with van der Waals surface area (Å²) in [7, 11) is 0.